The molecule has 3 aromatic rings. The van der Waals surface area contributed by atoms with E-state index >= 15 is 0 Å². The van der Waals surface area contributed by atoms with Gasteiger partial charge in [-0.25, -0.2) is 0 Å². The minimum Gasteiger partial charge on any atom is -0.493 e. The summed E-state index contributed by atoms with van der Waals surface area (Å²) in [6, 6.07) is 17.2. The number of anilines is 1. The molecule has 3 rings (SSSR count). The van der Waals surface area contributed by atoms with Crippen LogP contribution < -0.4 is 14.9 Å². The molecule has 9 heteroatoms. The SMILES string of the molecule is COc1cc(/C=N\Nc2ccc([N+](=O)[O-])cc2)cc(I)c1OCc1ccccc1Cl. The third kappa shape index (κ3) is 5.61. The highest BCUT2D eigenvalue weighted by molar-refractivity contribution is 14.1. The first-order valence-corrected chi connectivity index (χ1v) is 10.2. The van der Waals surface area contributed by atoms with Gasteiger partial charge >= 0.3 is 0 Å². The maximum atomic E-state index is 10.7. The highest BCUT2D eigenvalue weighted by atomic mass is 127. The first kappa shape index (κ1) is 21.8. The topological polar surface area (TPSA) is 86.0 Å². The number of nitro benzene ring substituents is 1. The van der Waals surface area contributed by atoms with Gasteiger partial charge in [-0.15, -0.1) is 0 Å². The Morgan fingerprint density at radius 2 is 1.93 bits per heavy atom. The third-order valence-electron chi connectivity index (χ3n) is 4.07. The maximum absolute atomic E-state index is 10.7. The Morgan fingerprint density at radius 3 is 2.60 bits per heavy atom. The fourth-order valence-corrected chi connectivity index (χ4v) is 3.53. The Balaban J connectivity index is 1.70. The van der Waals surface area contributed by atoms with Gasteiger partial charge in [-0.05, 0) is 58.5 Å². The van der Waals surface area contributed by atoms with Crippen LogP contribution in [0, 0.1) is 13.7 Å². The van der Waals surface area contributed by atoms with E-state index in [-0.39, 0.29) is 5.69 Å². The second-order valence-electron chi connectivity index (χ2n) is 6.09. The highest BCUT2D eigenvalue weighted by Crippen LogP contribution is 2.34. The Kier molecular flexibility index (Phi) is 7.47. The lowest BCUT2D eigenvalue weighted by molar-refractivity contribution is -0.384. The van der Waals surface area contributed by atoms with Crippen LogP contribution in [0.5, 0.6) is 11.5 Å². The number of non-ortho nitro benzene ring substituents is 1. The largest absolute Gasteiger partial charge is 0.493 e. The van der Waals surface area contributed by atoms with E-state index in [1.165, 1.54) is 12.1 Å². The number of methoxy groups -OCH3 is 1. The molecular formula is C21H17ClIN3O4. The van der Waals surface area contributed by atoms with Gasteiger partial charge in [0, 0.05) is 22.7 Å². The van der Waals surface area contributed by atoms with Crippen LogP contribution in [0.3, 0.4) is 0 Å². The number of halogens is 2. The van der Waals surface area contributed by atoms with E-state index in [9.17, 15) is 10.1 Å². The molecule has 0 saturated carbocycles. The lowest BCUT2D eigenvalue weighted by Crippen LogP contribution is -2.01. The molecule has 0 bridgehead atoms. The van der Waals surface area contributed by atoms with E-state index in [0.29, 0.717) is 28.8 Å². The van der Waals surface area contributed by atoms with Gasteiger partial charge in [0.1, 0.15) is 6.61 Å². The van der Waals surface area contributed by atoms with Crippen molar-refractivity contribution < 1.29 is 14.4 Å². The van der Waals surface area contributed by atoms with Crippen LogP contribution in [0.2, 0.25) is 5.02 Å². The van der Waals surface area contributed by atoms with Crippen LogP contribution in [-0.4, -0.2) is 18.2 Å². The molecule has 154 valence electrons. The molecule has 0 heterocycles. The fourth-order valence-electron chi connectivity index (χ4n) is 2.56. The number of hydrazone groups is 1. The lowest BCUT2D eigenvalue weighted by Gasteiger charge is -2.14. The van der Waals surface area contributed by atoms with Gasteiger partial charge in [0.25, 0.3) is 5.69 Å². The number of nitrogens with zero attached hydrogens (tertiary/aromatic N) is 2. The van der Waals surface area contributed by atoms with E-state index in [1.54, 1.807) is 25.5 Å². The summed E-state index contributed by atoms with van der Waals surface area (Å²) in [5, 5.41) is 15.5. The summed E-state index contributed by atoms with van der Waals surface area (Å²) < 4.78 is 12.3. The van der Waals surface area contributed by atoms with Crippen molar-refractivity contribution in [2.24, 2.45) is 5.10 Å². The molecule has 0 fully saturated rings. The zero-order valence-electron chi connectivity index (χ0n) is 15.8. The molecule has 3 aromatic carbocycles. The van der Waals surface area contributed by atoms with Gasteiger partial charge in [-0.1, -0.05) is 29.8 Å². The first-order chi connectivity index (χ1) is 14.5. The van der Waals surface area contributed by atoms with Gasteiger partial charge in [-0.2, -0.15) is 5.10 Å². The molecule has 7 nitrogen and oxygen atoms in total. The fraction of sp³-hybridized carbons (Fsp3) is 0.0952. The monoisotopic (exact) mass is 537 g/mol. The van der Waals surface area contributed by atoms with Crippen molar-refractivity contribution in [3.8, 4) is 11.5 Å². The summed E-state index contributed by atoms with van der Waals surface area (Å²) in [7, 11) is 1.57. The standard InChI is InChI=1S/C21H17ClIN3O4/c1-29-20-11-14(12-24-25-16-6-8-17(9-7-16)26(27)28)10-19(23)21(20)30-13-15-4-2-3-5-18(15)22/h2-12,25H,13H2,1H3/b24-12-. The minimum absolute atomic E-state index is 0.0243. The second-order valence-corrected chi connectivity index (χ2v) is 7.66. The van der Waals surface area contributed by atoms with E-state index < -0.39 is 4.92 Å². The van der Waals surface area contributed by atoms with Crippen molar-refractivity contribution in [3.05, 3.63) is 90.5 Å². The van der Waals surface area contributed by atoms with Crippen LogP contribution in [0.4, 0.5) is 11.4 Å². The summed E-state index contributed by atoms with van der Waals surface area (Å²) in [5.41, 5.74) is 5.19. The third-order valence-corrected chi connectivity index (χ3v) is 5.24. The zero-order valence-corrected chi connectivity index (χ0v) is 18.8. The predicted octanol–water partition coefficient (Wildman–Crippen LogP) is 5.89. The number of ether oxygens (including phenoxy) is 2. The van der Waals surface area contributed by atoms with E-state index in [2.05, 4.69) is 33.1 Å². The van der Waals surface area contributed by atoms with E-state index in [4.69, 9.17) is 21.1 Å². The molecule has 0 unspecified atom stereocenters. The summed E-state index contributed by atoms with van der Waals surface area (Å²) in [6.07, 6.45) is 1.63. The zero-order chi connectivity index (χ0) is 21.5. The van der Waals surface area contributed by atoms with Crippen molar-refractivity contribution in [1.29, 1.82) is 0 Å². The molecule has 30 heavy (non-hydrogen) atoms. The van der Waals surface area contributed by atoms with Crippen LogP contribution in [0.1, 0.15) is 11.1 Å². The number of hydrogen-bond acceptors (Lipinski definition) is 6. The van der Waals surface area contributed by atoms with E-state index in [1.807, 2.05) is 36.4 Å². The molecule has 0 aliphatic heterocycles. The van der Waals surface area contributed by atoms with Gasteiger partial charge in [0.15, 0.2) is 11.5 Å². The van der Waals surface area contributed by atoms with Gasteiger partial charge in [0.05, 0.1) is 27.5 Å². The van der Waals surface area contributed by atoms with Crippen LogP contribution >= 0.6 is 34.2 Å². The number of hydrogen-bond donors (Lipinski definition) is 1. The van der Waals surface area contributed by atoms with E-state index in [0.717, 1.165) is 14.7 Å². The van der Waals surface area contributed by atoms with Gasteiger partial charge in [-0.3, -0.25) is 15.5 Å². The molecule has 0 spiro atoms. The molecular weight excluding hydrogens is 521 g/mol. The molecule has 0 amide bonds. The van der Waals surface area contributed by atoms with Crippen molar-refractivity contribution in [1.82, 2.24) is 0 Å². The van der Waals surface area contributed by atoms with Crippen molar-refractivity contribution in [3.63, 3.8) is 0 Å². The molecule has 0 atom stereocenters. The lowest BCUT2D eigenvalue weighted by atomic mass is 10.2. The normalized spacial score (nSPS) is 10.8. The predicted molar refractivity (Wildman–Crippen MR) is 126 cm³/mol. The van der Waals surface area contributed by atoms with Crippen molar-refractivity contribution in [2.75, 3.05) is 12.5 Å². The molecule has 0 radical (unpaired) electrons. The molecule has 0 saturated heterocycles. The van der Waals surface area contributed by atoms with Crippen LogP contribution in [-0.2, 0) is 6.61 Å². The van der Waals surface area contributed by atoms with Crippen molar-refractivity contribution in [2.45, 2.75) is 6.61 Å². The Morgan fingerprint density at radius 1 is 1.20 bits per heavy atom. The highest BCUT2D eigenvalue weighted by Gasteiger charge is 2.12. The minimum atomic E-state index is -0.448. The molecule has 1 N–H and O–H groups in total. The Labute approximate surface area is 192 Å². The van der Waals surface area contributed by atoms with Crippen LogP contribution in [0.25, 0.3) is 0 Å². The smallest absolute Gasteiger partial charge is 0.269 e. The maximum Gasteiger partial charge on any atom is 0.269 e. The molecule has 0 aliphatic carbocycles. The Bertz CT molecular complexity index is 1070. The first-order valence-electron chi connectivity index (χ1n) is 8.75. The number of benzene rings is 3. The van der Waals surface area contributed by atoms with Crippen LogP contribution in [0.15, 0.2) is 65.8 Å². The summed E-state index contributed by atoms with van der Waals surface area (Å²) >= 11 is 8.37. The Hall–Kier alpha value is -2.85. The molecule has 0 aromatic heterocycles. The average molecular weight is 538 g/mol. The summed E-state index contributed by atoms with van der Waals surface area (Å²) in [5.74, 6) is 1.20. The van der Waals surface area contributed by atoms with Crippen molar-refractivity contribution >= 4 is 51.8 Å². The average Bonchev–Trinajstić information content (AvgIpc) is 2.74. The number of nitro groups is 1. The number of nitrogens with one attached hydrogen (secondary N) is 1. The van der Waals surface area contributed by atoms with Gasteiger partial charge < -0.3 is 9.47 Å². The number of rotatable bonds is 8. The van der Waals surface area contributed by atoms with Gasteiger partial charge in [0.2, 0.25) is 0 Å². The molecule has 0 aliphatic rings. The quantitative estimate of drug-likeness (QED) is 0.168. The summed E-state index contributed by atoms with van der Waals surface area (Å²) in [6.45, 7) is 0.321. The second kappa shape index (κ2) is 10.3. The summed E-state index contributed by atoms with van der Waals surface area (Å²) in [4.78, 5) is 10.3.